The van der Waals surface area contributed by atoms with Gasteiger partial charge in [-0.05, 0) is 18.6 Å². The molecular weight excluding hydrogens is 166 g/mol. The van der Waals surface area contributed by atoms with Gasteiger partial charge in [0.05, 0.1) is 13.2 Å². The first-order valence-electron chi connectivity index (χ1n) is 4.15. The first-order valence-corrected chi connectivity index (χ1v) is 4.15. The second-order valence-corrected chi connectivity index (χ2v) is 2.77. The summed E-state index contributed by atoms with van der Waals surface area (Å²) < 4.78 is 0. The molecule has 0 aliphatic carbocycles. The van der Waals surface area contributed by atoms with Crippen molar-refractivity contribution in [2.24, 2.45) is 4.99 Å². The van der Waals surface area contributed by atoms with E-state index in [2.05, 4.69) is 4.99 Å². The third kappa shape index (κ3) is 2.56. The number of aromatic hydroxyl groups is 1. The van der Waals surface area contributed by atoms with Crippen molar-refractivity contribution in [3.8, 4) is 5.75 Å². The van der Waals surface area contributed by atoms with Gasteiger partial charge in [-0.2, -0.15) is 0 Å². The number of rotatable bonds is 3. The molecule has 0 unspecified atom stereocenters. The fourth-order valence-electron chi connectivity index (χ4n) is 1.01. The van der Waals surface area contributed by atoms with Crippen LogP contribution < -0.4 is 0 Å². The Kier molecular flexibility index (Phi) is 3.46. The summed E-state index contributed by atoms with van der Waals surface area (Å²) in [6.45, 7) is 2.23. The van der Waals surface area contributed by atoms with Crippen molar-refractivity contribution in [2.75, 3.05) is 13.2 Å². The minimum atomic E-state index is 0.0308. The van der Waals surface area contributed by atoms with E-state index in [0.717, 1.165) is 5.56 Å². The molecule has 0 aliphatic heterocycles. The predicted molar refractivity (Wildman–Crippen MR) is 52.4 cm³/mol. The molecule has 0 spiro atoms. The third-order valence-corrected chi connectivity index (χ3v) is 1.73. The molecule has 1 aromatic rings. The van der Waals surface area contributed by atoms with Crippen molar-refractivity contribution < 1.29 is 10.2 Å². The van der Waals surface area contributed by atoms with Gasteiger partial charge in [-0.25, -0.2) is 0 Å². The van der Waals surface area contributed by atoms with Gasteiger partial charge in [0, 0.05) is 11.8 Å². The van der Waals surface area contributed by atoms with Crippen LogP contribution in [0.2, 0.25) is 0 Å². The van der Waals surface area contributed by atoms with Crippen molar-refractivity contribution in [1.82, 2.24) is 0 Å². The van der Waals surface area contributed by atoms with E-state index in [0.29, 0.717) is 12.1 Å². The van der Waals surface area contributed by atoms with Gasteiger partial charge in [-0.1, -0.05) is 12.1 Å². The topological polar surface area (TPSA) is 52.8 Å². The summed E-state index contributed by atoms with van der Waals surface area (Å²) in [5.41, 5.74) is 1.52. The second-order valence-electron chi connectivity index (χ2n) is 2.77. The molecule has 3 heteroatoms. The van der Waals surface area contributed by atoms with Crippen LogP contribution in [0, 0.1) is 6.92 Å². The second kappa shape index (κ2) is 4.62. The van der Waals surface area contributed by atoms with Crippen LogP contribution >= 0.6 is 0 Å². The lowest BCUT2D eigenvalue weighted by Gasteiger charge is -2.00. The van der Waals surface area contributed by atoms with E-state index in [-0.39, 0.29) is 12.4 Å². The van der Waals surface area contributed by atoms with Gasteiger partial charge < -0.3 is 10.2 Å². The Morgan fingerprint density at radius 3 is 2.92 bits per heavy atom. The number of aryl methyl sites for hydroxylation is 1. The molecular formula is C10H13NO2. The van der Waals surface area contributed by atoms with Gasteiger partial charge in [0.25, 0.3) is 0 Å². The fraction of sp³-hybridized carbons (Fsp3) is 0.300. The van der Waals surface area contributed by atoms with E-state index < -0.39 is 0 Å². The molecule has 0 fully saturated rings. The number of nitrogens with zero attached hydrogens (tertiary/aromatic N) is 1. The van der Waals surface area contributed by atoms with E-state index in [9.17, 15) is 5.11 Å². The molecule has 0 aromatic heterocycles. The fourth-order valence-corrected chi connectivity index (χ4v) is 1.01. The van der Waals surface area contributed by atoms with Crippen LogP contribution in [0.5, 0.6) is 5.75 Å². The summed E-state index contributed by atoms with van der Waals surface area (Å²) >= 11 is 0. The number of aliphatic hydroxyl groups is 1. The molecule has 70 valence electrons. The van der Waals surface area contributed by atoms with Gasteiger partial charge in [0.2, 0.25) is 0 Å². The SMILES string of the molecule is Cc1cccc(C=NCCO)c1O. The Morgan fingerprint density at radius 1 is 1.46 bits per heavy atom. The quantitative estimate of drug-likeness (QED) is 0.683. The molecule has 0 bridgehead atoms. The number of aliphatic imine (C=N–C) groups is 1. The zero-order valence-corrected chi connectivity index (χ0v) is 7.57. The summed E-state index contributed by atoms with van der Waals surface area (Å²) in [7, 11) is 0. The van der Waals surface area contributed by atoms with Crippen LogP contribution in [-0.4, -0.2) is 29.6 Å². The molecule has 0 atom stereocenters. The lowest BCUT2D eigenvalue weighted by Crippen LogP contribution is -1.90. The summed E-state index contributed by atoms with van der Waals surface area (Å²) in [5.74, 6) is 0.254. The summed E-state index contributed by atoms with van der Waals surface area (Å²) in [4.78, 5) is 3.93. The Balaban J connectivity index is 2.83. The number of hydrogen-bond acceptors (Lipinski definition) is 3. The average molecular weight is 179 g/mol. The maximum absolute atomic E-state index is 9.54. The molecule has 0 heterocycles. The molecule has 1 rings (SSSR count). The first-order chi connectivity index (χ1) is 6.25. The molecule has 1 aromatic carbocycles. The van der Waals surface area contributed by atoms with Crippen LogP contribution in [-0.2, 0) is 0 Å². The highest BCUT2D eigenvalue weighted by Gasteiger charge is 1.99. The lowest BCUT2D eigenvalue weighted by atomic mass is 10.1. The minimum absolute atomic E-state index is 0.0308. The molecule has 0 saturated heterocycles. The van der Waals surface area contributed by atoms with Gasteiger partial charge in [-0.15, -0.1) is 0 Å². The molecule has 0 amide bonds. The first kappa shape index (κ1) is 9.74. The molecule has 0 radical (unpaired) electrons. The van der Waals surface area contributed by atoms with Crippen molar-refractivity contribution >= 4 is 6.21 Å². The van der Waals surface area contributed by atoms with E-state index in [1.54, 1.807) is 12.3 Å². The smallest absolute Gasteiger partial charge is 0.127 e. The lowest BCUT2D eigenvalue weighted by molar-refractivity contribution is 0.307. The normalized spacial score (nSPS) is 10.9. The maximum Gasteiger partial charge on any atom is 0.127 e. The Bertz CT molecular complexity index is 308. The molecule has 0 aliphatic rings. The van der Waals surface area contributed by atoms with Gasteiger partial charge in [-0.3, -0.25) is 4.99 Å². The number of aliphatic hydroxyl groups excluding tert-OH is 1. The summed E-state index contributed by atoms with van der Waals surface area (Å²) in [5, 5.41) is 18.0. The van der Waals surface area contributed by atoms with Gasteiger partial charge >= 0.3 is 0 Å². The number of hydrogen-bond donors (Lipinski definition) is 2. The number of para-hydroxylation sites is 1. The standard InChI is InChI=1S/C10H13NO2/c1-8-3-2-4-9(10(8)13)7-11-5-6-12/h2-4,7,12-13H,5-6H2,1H3. The van der Waals surface area contributed by atoms with Crippen LogP contribution in [0.1, 0.15) is 11.1 Å². The van der Waals surface area contributed by atoms with Crippen LogP contribution in [0.4, 0.5) is 0 Å². The van der Waals surface area contributed by atoms with Crippen molar-refractivity contribution in [2.45, 2.75) is 6.92 Å². The summed E-state index contributed by atoms with van der Waals surface area (Å²) in [6, 6.07) is 5.47. The minimum Gasteiger partial charge on any atom is -0.507 e. The van der Waals surface area contributed by atoms with Crippen LogP contribution in [0.3, 0.4) is 0 Å². The van der Waals surface area contributed by atoms with Crippen molar-refractivity contribution in [3.63, 3.8) is 0 Å². The Hall–Kier alpha value is -1.35. The molecule has 0 saturated carbocycles. The highest BCUT2D eigenvalue weighted by atomic mass is 16.3. The average Bonchev–Trinajstić information content (AvgIpc) is 2.13. The predicted octanol–water partition coefficient (Wildman–Crippen LogP) is 1.11. The largest absolute Gasteiger partial charge is 0.507 e. The molecule has 13 heavy (non-hydrogen) atoms. The summed E-state index contributed by atoms with van der Waals surface area (Å²) in [6.07, 6.45) is 1.57. The number of phenolic OH excluding ortho intramolecular Hbond substituents is 1. The highest BCUT2D eigenvalue weighted by Crippen LogP contribution is 2.19. The van der Waals surface area contributed by atoms with E-state index >= 15 is 0 Å². The number of phenols is 1. The monoisotopic (exact) mass is 179 g/mol. The Morgan fingerprint density at radius 2 is 2.23 bits per heavy atom. The van der Waals surface area contributed by atoms with E-state index in [4.69, 9.17) is 5.11 Å². The van der Waals surface area contributed by atoms with Crippen LogP contribution in [0.25, 0.3) is 0 Å². The maximum atomic E-state index is 9.54. The third-order valence-electron chi connectivity index (χ3n) is 1.73. The molecule has 2 N–H and O–H groups in total. The van der Waals surface area contributed by atoms with Crippen LogP contribution in [0.15, 0.2) is 23.2 Å². The van der Waals surface area contributed by atoms with Crippen molar-refractivity contribution in [1.29, 1.82) is 0 Å². The molecule has 3 nitrogen and oxygen atoms in total. The zero-order chi connectivity index (χ0) is 9.68. The van der Waals surface area contributed by atoms with Crippen molar-refractivity contribution in [3.05, 3.63) is 29.3 Å². The highest BCUT2D eigenvalue weighted by molar-refractivity contribution is 5.83. The number of benzene rings is 1. The van der Waals surface area contributed by atoms with Gasteiger partial charge in [0.1, 0.15) is 5.75 Å². The zero-order valence-electron chi connectivity index (χ0n) is 7.57. The van der Waals surface area contributed by atoms with E-state index in [1.165, 1.54) is 0 Å². The van der Waals surface area contributed by atoms with Gasteiger partial charge in [0.15, 0.2) is 0 Å². The Labute approximate surface area is 77.4 Å². The van der Waals surface area contributed by atoms with E-state index in [1.807, 2.05) is 19.1 Å².